The Labute approximate surface area is 229 Å². The van der Waals surface area contributed by atoms with Crippen molar-refractivity contribution in [1.29, 1.82) is 0 Å². The van der Waals surface area contributed by atoms with Crippen LogP contribution in [0, 0.1) is 11.8 Å². The summed E-state index contributed by atoms with van der Waals surface area (Å²) in [5.74, 6) is 3.93. The zero-order chi connectivity index (χ0) is 28.9. The number of amides is 2. The van der Waals surface area contributed by atoms with Gasteiger partial charge in [0.1, 0.15) is 0 Å². The molecular formula is C33H44N2O3. The maximum atomic E-state index is 11.7. The predicted molar refractivity (Wildman–Crippen MR) is 161 cm³/mol. The Kier molecular flexibility index (Phi) is 18.1. The minimum atomic E-state index is -0.722. The van der Waals surface area contributed by atoms with Crippen LogP contribution in [0.5, 0.6) is 0 Å². The second-order valence-electron chi connectivity index (χ2n) is 8.85. The average molecular weight is 517 g/mol. The van der Waals surface area contributed by atoms with Crippen molar-refractivity contribution in [3.05, 3.63) is 83.5 Å². The number of aldehydes is 1. The molecule has 0 spiro atoms. The van der Waals surface area contributed by atoms with E-state index in [1.165, 1.54) is 22.8 Å². The first-order valence-corrected chi connectivity index (χ1v) is 13.1. The van der Waals surface area contributed by atoms with Gasteiger partial charge in [0.25, 0.3) is 0 Å². The first-order chi connectivity index (χ1) is 18.2. The molecule has 0 saturated heterocycles. The Morgan fingerprint density at radius 1 is 0.974 bits per heavy atom. The quantitative estimate of drug-likeness (QED) is 0.142. The van der Waals surface area contributed by atoms with E-state index in [1.54, 1.807) is 0 Å². The summed E-state index contributed by atoms with van der Waals surface area (Å²) < 4.78 is 0. The van der Waals surface area contributed by atoms with Gasteiger partial charge in [0.15, 0.2) is 6.29 Å². The Bertz CT molecular complexity index is 1170. The highest BCUT2D eigenvalue weighted by Gasteiger charge is 2.13. The van der Waals surface area contributed by atoms with Gasteiger partial charge < -0.3 is 10.6 Å². The van der Waals surface area contributed by atoms with Crippen LogP contribution in [0.4, 0.5) is 0 Å². The molecule has 5 nitrogen and oxygen atoms in total. The molecule has 2 aromatic rings. The van der Waals surface area contributed by atoms with Crippen molar-refractivity contribution >= 4 is 28.9 Å². The van der Waals surface area contributed by atoms with Crippen molar-refractivity contribution in [1.82, 2.24) is 10.6 Å². The number of rotatable bonds is 7. The SMILES string of the molecule is C=C(C)C(=C/C)/C(=C\C)CNC(=O)C(=O)NCCC#CC=O.CC(C)c1cccc2ccccc12.CCC. The number of allylic oxidation sites excluding steroid dienone is 3. The molecule has 2 rings (SSSR count). The van der Waals surface area contributed by atoms with Gasteiger partial charge >= 0.3 is 11.8 Å². The topological polar surface area (TPSA) is 75.3 Å². The van der Waals surface area contributed by atoms with E-state index in [9.17, 15) is 14.4 Å². The normalized spacial score (nSPS) is 10.6. The van der Waals surface area contributed by atoms with Gasteiger partial charge in [0.2, 0.25) is 0 Å². The van der Waals surface area contributed by atoms with Crippen LogP contribution >= 0.6 is 0 Å². The van der Waals surface area contributed by atoms with Crippen molar-refractivity contribution in [2.45, 2.75) is 67.2 Å². The highest BCUT2D eigenvalue weighted by Crippen LogP contribution is 2.24. The monoisotopic (exact) mass is 516 g/mol. The van der Waals surface area contributed by atoms with Crippen LogP contribution in [0.25, 0.3) is 10.8 Å². The van der Waals surface area contributed by atoms with Crippen molar-refractivity contribution < 1.29 is 14.4 Å². The van der Waals surface area contributed by atoms with Gasteiger partial charge in [0, 0.05) is 19.5 Å². The maximum Gasteiger partial charge on any atom is 0.309 e. The lowest BCUT2D eigenvalue weighted by Gasteiger charge is -2.12. The average Bonchev–Trinajstić information content (AvgIpc) is 2.90. The third kappa shape index (κ3) is 12.9. The lowest BCUT2D eigenvalue weighted by molar-refractivity contribution is -0.139. The second-order valence-corrected chi connectivity index (χ2v) is 8.85. The minimum Gasteiger partial charge on any atom is -0.347 e. The molecule has 0 aromatic heterocycles. The predicted octanol–water partition coefficient (Wildman–Crippen LogP) is 6.66. The van der Waals surface area contributed by atoms with Crippen LogP contribution in [0.2, 0.25) is 0 Å². The largest absolute Gasteiger partial charge is 0.347 e. The van der Waals surface area contributed by atoms with E-state index in [0.717, 1.165) is 16.7 Å². The van der Waals surface area contributed by atoms with E-state index in [4.69, 9.17) is 0 Å². The summed E-state index contributed by atoms with van der Waals surface area (Å²) in [6, 6.07) is 15.1. The summed E-state index contributed by atoms with van der Waals surface area (Å²) in [4.78, 5) is 33.2. The van der Waals surface area contributed by atoms with Crippen molar-refractivity contribution in [2.75, 3.05) is 13.1 Å². The molecule has 0 aliphatic rings. The molecule has 5 heteroatoms. The van der Waals surface area contributed by atoms with Gasteiger partial charge in [-0.15, -0.1) is 0 Å². The molecule has 2 aromatic carbocycles. The van der Waals surface area contributed by atoms with Gasteiger partial charge in [0.05, 0.1) is 0 Å². The molecule has 0 fully saturated rings. The summed E-state index contributed by atoms with van der Waals surface area (Å²) in [5, 5.41) is 7.72. The Hall–Kier alpha value is -3.91. The van der Waals surface area contributed by atoms with E-state index in [0.29, 0.717) is 18.6 Å². The number of hydrogen-bond donors (Lipinski definition) is 2. The van der Waals surface area contributed by atoms with Crippen LogP contribution in [-0.4, -0.2) is 31.2 Å². The molecule has 204 valence electrons. The van der Waals surface area contributed by atoms with E-state index < -0.39 is 11.8 Å². The molecule has 0 saturated carbocycles. The zero-order valence-corrected chi connectivity index (χ0v) is 24.1. The maximum absolute atomic E-state index is 11.7. The summed E-state index contributed by atoms with van der Waals surface area (Å²) in [6.07, 6.45) is 5.83. The molecule has 38 heavy (non-hydrogen) atoms. The fourth-order valence-corrected chi connectivity index (χ4v) is 3.50. The lowest BCUT2D eigenvalue weighted by Crippen LogP contribution is -2.41. The van der Waals surface area contributed by atoms with Crippen LogP contribution in [0.15, 0.2) is 77.9 Å². The van der Waals surface area contributed by atoms with Gasteiger partial charge in [-0.25, -0.2) is 0 Å². The standard InChI is InChI=1S/C17H22N2O3.C13H14.C3H8/c1-5-14(15(6-2)13(3)4)12-19-17(22)16(21)18-10-8-7-9-11-20;1-10(2)12-9-5-7-11-6-3-4-8-13(11)12;1-3-2/h5-6,11H,3,8,10,12H2,1-2,4H3,(H,18,21)(H,19,22);3-10H,1-2H3;3H2,1-2H3/b14-5-,15-6-;;. The highest BCUT2D eigenvalue weighted by molar-refractivity contribution is 6.35. The number of carbonyl (C=O) groups is 3. The zero-order valence-electron chi connectivity index (χ0n) is 24.1. The number of benzene rings is 2. The van der Waals surface area contributed by atoms with E-state index in [1.807, 2.05) is 32.9 Å². The fraction of sp³-hybridized carbons (Fsp3) is 0.364. The molecule has 0 heterocycles. The van der Waals surface area contributed by atoms with Gasteiger partial charge in [-0.1, -0.05) is 107 Å². The van der Waals surface area contributed by atoms with Crippen molar-refractivity contribution in [2.24, 2.45) is 0 Å². The highest BCUT2D eigenvalue weighted by atomic mass is 16.2. The molecule has 0 aliphatic heterocycles. The molecule has 0 radical (unpaired) electrons. The summed E-state index contributed by atoms with van der Waals surface area (Å²) in [6.45, 7) is 18.7. The first kappa shape index (κ1) is 34.1. The van der Waals surface area contributed by atoms with Crippen LogP contribution < -0.4 is 10.6 Å². The first-order valence-electron chi connectivity index (χ1n) is 13.1. The molecular weight excluding hydrogens is 472 g/mol. The molecule has 0 bridgehead atoms. The van der Waals surface area contributed by atoms with Gasteiger partial charge in [-0.05, 0) is 60.1 Å². The lowest BCUT2D eigenvalue weighted by atomic mass is 9.96. The number of nitrogens with one attached hydrogen (secondary N) is 2. The van der Waals surface area contributed by atoms with Crippen LogP contribution in [0.3, 0.4) is 0 Å². The smallest absolute Gasteiger partial charge is 0.309 e. The number of fused-ring (bicyclic) bond motifs is 1. The minimum absolute atomic E-state index is 0.218. The Morgan fingerprint density at radius 2 is 1.58 bits per heavy atom. The third-order valence-electron chi connectivity index (χ3n) is 5.23. The molecule has 0 atom stereocenters. The van der Waals surface area contributed by atoms with Crippen molar-refractivity contribution in [3.63, 3.8) is 0 Å². The summed E-state index contributed by atoms with van der Waals surface area (Å²) >= 11 is 0. The van der Waals surface area contributed by atoms with Crippen LogP contribution in [-0.2, 0) is 14.4 Å². The molecule has 2 N–H and O–H groups in total. The van der Waals surface area contributed by atoms with Gasteiger partial charge in [-0.3, -0.25) is 14.4 Å². The molecule has 0 aliphatic carbocycles. The van der Waals surface area contributed by atoms with Crippen LogP contribution in [0.1, 0.15) is 72.8 Å². The summed E-state index contributed by atoms with van der Waals surface area (Å²) in [5.41, 5.74) is 4.18. The van der Waals surface area contributed by atoms with Crippen molar-refractivity contribution in [3.8, 4) is 11.8 Å². The second kappa shape index (κ2) is 20.2. The Balaban J connectivity index is 0.000000714. The number of hydrogen-bond acceptors (Lipinski definition) is 3. The number of carbonyl (C=O) groups excluding carboxylic acids is 3. The van der Waals surface area contributed by atoms with E-state index in [2.05, 4.69) is 99.2 Å². The Morgan fingerprint density at radius 3 is 2.13 bits per heavy atom. The van der Waals surface area contributed by atoms with E-state index in [-0.39, 0.29) is 13.1 Å². The third-order valence-corrected chi connectivity index (χ3v) is 5.23. The van der Waals surface area contributed by atoms with Gasteiger partial charge in [-0.2, -0.15) is 0 Å². The molecule has 0 unspecified atom stereocenters. The summed E-state index contributed by atoms with van der Waals surface area (Å²) in [7, 11) is 0. The van der Waals surface area contributed by atoms with E-state index >= 15 is 0 Å². The fourth-order valence-electron chi connectivity index (χ4n) is 3.50. The molecule has 2 amide bonds.